The van der Waals surface area contributed by atoms with E-state index in [4.69, 9.17) is 5.11 Å². The molecule has 0 aromatic carbocycles. The van der Waals surface area contributed by atoms with Gasteiger partial charge in [0.15, 0.2) is 4.88 Å². The summed E-state index contributed by atoms with van der Waals surface area (Å²) in [4.78, 5) is 11.3. The van der Waals surface area contributed by atoms with Gasteiger partial charge in [-0.2, -0.15) is 4.39 Å². The van der Waals surface area contributed by atoms with Gasteiger partial charge in [0.05, 0.1) is 0 Å². The average Bonchev–Trinajstić information content (AvgIpc) is 2.16. The quantitative estimate of drug-likeness (QED) is 0.640. The van der Waals surface area contributed by atoms with Crippen LogP contribution in [-0.2, 0) is 6.26 Å². The van der Waals surface area contributed by atoms with E-state index in [0.29, 0.717) is 3.57 Å². The first-order chi connectivity index (χ1) is 5.46. The van der Waals surface area contributed by atoms with Gasteiger partial charge in [-0.1, -0.05) is 0 Å². The molecule has 0 aliphatic heterocycles. The zero-order valence-electron chi connectivity index (χ0n) is 6.52. The van der Waals surface area contributed by atoms with Crippen LogP contribution in [0.3, 0.4) is 0 Å². The predicted octanol–water partition coefficient (Wildman–Crippen LogP) is 2.72. The third-order valence-corrected chi connectivity index (χ3v) is 5.40. The standard InChI is InChI=1S/C7H6FIO2S/c1-3-5(9)4(8)6(7(10)11)12(3)2/h1-2H3/p+1. The lowest BCUT2D eigenvalue weighted by Gasteiger charge is -1.82. The van der Waals surface area contributed by atoms with Gasteiger partial charge in [-0.05, 0) is 33.1 Å². The van der Waals surface area contributed by atoms with Crippen molar-refractivity contribution in [2.24, 2.45) is 6.26 Å². The number of thiophene rings is 1. The molecule has 1 heterocycles. The molecule has 1 aromatic rings. The molecule has 0 radical (unpaired) electrons. The number of carboxylic acids is 1. The van der Waals surface area contributed by atoms with Gasteiger partial charge in [-0.3, -0.25) is 0 Å². The lowest BCUT2D eigenvalue weighted by atomic mass is 10.4. The van der Waals surface area contributed by atoms with E-state index in [1.54, 1.807) is 13.2 Å². The summed E-state index contributed by atoms with van der Waals surface area (Å²) in [7, 11) is -0.568. The molecule has 0 aliphatic rings. The second-order valence-electron chi connectivity index (χ2n) is 2.33. The fourth-order valence-electron chi connectivity index (χ4n) is 0.901. The number of aromatic carboxylic acids is 1. The largest absolute Gasteiger partial charge is 0.474 e. The van der Waals surface area contributed by atoms with E-state index >= 15 is 0 Å². The van der Waals surface area contributed by atoms with Crippen LogP contribution in [0.25, 0.3) is 0 Å². The number of halogens is 2. The Balaban J connectivity index is 3.48. The van der Waals surface area contributed by atoms with Crippen LogP contribution in [0.5, 0.6) is 0 Å². The smallest absolute Gasteiger partial charge is 0.392 e. The average molecular weight is 301 g/mol. The normalized spacial score (nSPS) is 11.8. The fraction of sp³-hybridized carbons (Fsp3) is 0.286. The summed E-state index contributed by atoms with van der Waals surface area (Å²) < 4.78 is 13.6. The van der Waals surface area contributed by atoms with Crippen LogP contribution in [0.15, 0.2) is 0 Å². The Hall–Kier alpha value is -0.170. The van der Waals surface area contributed by atoms with Gasteiger partial charge < -0.3 is 5.11 Å². The van der Waals surface area contributed by atoms with Crippen molar-refractivity contribution in [3.8, 4) is 0 Å². The molecule has 2 nitrogen and oxygen atoms in total. The molecule has 0 amide bonds. The molecular weight excluding hydrogens is 294 g/mol. The van der Waals surface area contributed by atoms with Crippen molar-refractivity contribution in [2.45, 2.75) is 6.92 Å². The van der Waals surface area contributed by atoms with E-state index in [1.807, 2.05) is 22.6 Å². The summed E-state index contributed by atoms with van der Waals surface area (Å²) in [5, 5.41) is 8.67. The lowest BCUT2D eigenvalue weighted by Crippen LogP contribution is -1.96. The van der Waals surface area contributed by atoms with Gasteiger partial charge in [0.25, 0.3) is 4.88 Å². The summed E-state index contributed by atoms with van der Waals surface area (Å²) in [5.41, 5.74) is 0. The molecule has 1 N–H and O–H groups in total. The maximum absolute atomic E-state index is 13.2. The highest BCUT2D eigenvalue weighted by Crippen LogP contribution is 2.35. The Morgan fingerprint density at radius 3 is 2.33 bits per heavy atom. The van der Waals surface area contributed by atoms with Crippen molar-refractivity contribution in [3.63, 3.8) is 0 Å². The monoisotopic (exact) mass is 301 g/mol. The molecule has 0 bridgehead atoms. The van der Waals surface area contributed by atoms with Gasteiger partial charge in [0.2, 0.25) is 5.82 Å². The van der Waals surface area contributed by atoms with Crippen LogP contribution in [0.4, 0.5) is 4.39 Å². The number of rotatable bonds is 1. The van der Waals surface area contributed by atoms with Gasteiger partial charge >= 0.3 is 5.97 Å². The zero-order valence-corrected chi connectivity index (χ0v) is 9.49. The predicted molar refractivity (Wildman–Crippen MR) is 54.3 cm³/mol. The van der Waals surface area contributed by atoms with Crippen LogP contribution in [-0.4, -0.2) is 11.1 Å². The van der Waals surface area contributed by atoms with E-state index in [0.717, 1.165) is 4.88 Å². The van der Waals surface area contributed by atoms with Crippen LogP contribution in [0.2, 0.25) is 0 Å². The van der Waals surface area contributed by atoms with Crippen molar-refractivity contribution >= 4 is 39.0 Å². The van der Waals surface area contributed by atoms with Gasteiger partial charge in [0, 0.05) is 6.92 Å². The molecule has 0 aliphatic carbocycles. The van der Waals surface area contributed by atoms with E-state index in [1.165, 1.54) is 0 Å². The molecule has 66 valence electrons. The Labute approximate surface area is 85.5 Å². The molecule has 0 fully saturated rings. The fourth-order valence-corrected chi connectivity index (χ4v) is 3.64. The zero-order chi connectivity index (χ0) is 9.46. The van der Waals surface area contributed by atoms with Gasteiger partial charge in [0.1, 0.15) is 9.83 Å². The molecule has 0 saturated carbocycles. The number of carboxylic acid groups (broad SMARTS) is 1. The Kier molecular flexibility index (Phi) is 2.72. The molecule has 1 rings (SSSR count). The molecule has 12 heavy (non-hydrogen) atoms. The van der Waals surface area contributed by atoms with Crippen LogP contribution in [0, 0.1) is 16.3 Å². The highest BCUT2D eigenvalue weighted by atomic mass is 127. The minimum absolute atomic E-state index is 0.0862. The summed E-state index contributed by atoms with van der Waals surface area (Å²) in [6.07, 6.45) is 1.73. The number of hydrogen-bond donors (Lipinski definition) is 1. The highest BCUT2D eigenvalue weighted by molar-refractivity contribution is 14.1. The Morgan fingerprint density at radius 2 is 2.17 bits per heavy atom. The van der Waals surface area contributed by atoms with E-state index in [2.05, 4.69) is 0 Å². The summed E-state index contributed by atoms with van der Waals surface area (Å²) >= 11 is 1.84. The first-order valence-electron chi connectivity index (χ1n) is 3.12. The first-order valence-corrected chi connectivity index (χ1v) is 5.83. The maximum atomic E-state index is 13.2. The van der Waals surface area contributed by atoms with E-state index < -0.39 is 22.3 Å². The highest BCUT2D eigenvalue weighted by Gasteiger charge is 2.31. The Morgan fingerprint density at radius 1 is 1.67 bits per heavy atom. The molecule has 1 unspecified atom stereocenters. The third kappa shape index (κ3) is 1.35. The summed E-state index contributed by atoms with van der Waals surface area (Å²) in [6, 6.07) is 0. The van der Waals surface area contributed by atoms with Crippen LogP contribution in [0.1, 0.15) is 14.5 Å². The first kappa shape index (κ1) is 9.91. The van der Waals surface area contributed by atoms with Crippen LogP contribution >= 0.6 is 33.1 Å². The van der Waals surface area contributed by atoms with Crippen LogP contribution < -0.4 is 0 Å². The van der Waals surface area contributed by atoms with Crippen molar-refractivity contribution in [1.29, 1.82) is 0 Å². The third-order valence-electron chi connectivity index (χ3n) is 1.66. The molecular formula is C7H7FIO2S+. The summed E-state index contributed by atoms with van der Waals surface area (Å²) in [6.45, 7) is 1.76. The van der Waals surface area contributed by atoms with Crippen molar-refractivity contribution in [2.75, 3.05) is 0 Å². The minimum atomic E-state index is -1.15. The van der Waals surface area contributed by atoms with Crippen molar-refractivity contribution < 1.29 is 14.3 Å². The minimum Gasteiger partial charge on any atom is -0.474 e. The Bertz CT molecular complexity index is 320. The van der Waals surface area contributed by atoms with E-state index in [-0.39, 0.29) is 4.88 Å². The molecule has 1 atom stereocenters. The van der Waals surface area contributed by atoms with Gasteiger partial charge in [-0.25, -0.2) is 4.79 Å². The second-order valence-corrected chi connectivity index (χ2v) is 5.45. The van der Waals surface area contributed by atoms with Crippen molar-refractivity contribution in [3.05, 3.63) is 19.1 Å². The molecule has 0 saturated heterocycles. The number of carbonyl (C=O) groups is 1. The van der Waals surface area contributed by atoms with Crippen molar-refractivity contribution in [1.82, 2.24) is 0 Å². The SMILES string of the molecule is Cc1c(I)c(F)c(C(=O)O)[s+]1C. The maximum Gasteiger partial charge on any atom is 0.392 e. The molecule has 0 spiro atoms. The molecule has 5 heteroatoms. The van der Waals surface area contributed by atoms with Gasteiger partial charge in [-0.15, -0.1) is 0 Å². The second kappa shape index (κ2) is 3.29. The number of hydrogen-bond acceptors (Lipinski definition) is 1. The molecule has 1 aromatic heterocycles. The topological polar surface area (TPSA) is 37.3 Å². The van der Waals surface area contributed by atoms with E-state index in [9.17, 15) is 9.18 Å². The summed E-state index contributed by atoms with van der Waals surface area (Å²) in [5.74, 6) is -1.71. The lowest BCUT2D eigenvalue weighted by molar-refractivity contribution is 0.0697.